The average Bonchev–Trinajstić information content (AvgIpc) is 2.88. The van der Waals surface area contributed by atoms with Gasteiger partial charge in [-0.05, 0) is 42.8 Å². The van der Waals surface area contributed by atoms with E-state index in [4.69, 9.17) is 16.3 Å². The van der Waals surface area contributed by atoms with Gasteiger partial charge in [0.25, 0.3) is 5.91 Å². The van der Waals surface area contributed by atoms with Crippen molar-refractivity contribution in [3.8, 4) is 11.8 Å². The van der Waals surface area contributed by atoms with Gasteiger partial charge >= 0.3 is 0 Å². The number of nitriles is 1. The summed E-state index contributed by atoms with van der Waals surface area (Å²) in [4.78, 5) is 13.6. The van der Waals surface area contributed by atoms with Gasteiger partial charge in [-0.15, -0.1) is 11.8 Å². The lowest BCUT2D eigenvalue weighted by atomic mass is 9.82. The van der Waals surface area contributed by atoms with Crippen LogP contribution in [0.15, 0.2) is 94.7 Å². The molecule has 8 heteroatoms. The molecule has 3 aromatic rings. The molecule has 0 spiro atoms. The van der Waals surface area contributed by atoms with Crippen molar-refractivity contribution in [2.45, 2.75) is 18.6 Å². The molecule has 0 saturated carbocycles. The number of halogens is 2. The fourth-order valence-corrected chi connectivity index (χ4v) is 5.20. The third-order valence-corrected chi connectivity index (χ3v) is 7.10. The van der Waals surface area contributed by atoms with Gasteiger partial charge in [-0.2, -0.15) is 5.26 Å². The van der Waals surface area contributed by atoms with E-state index in [2.05, 4.69) is 16.7 Å². The van der Waals surface area contributed by atoms with Gasteiger partial charge in [0, 0.05) is 27.6 Å². The van der Waals surface area contributed by atoms with Crippen LogP contribution in [0, 0.1) is 17.1 Å². The van der Waals surface area contributed by atoms with E-state index in [0.29, 0.717) is 32.9 Å². The smallest absolute Gasteiger partial charge is 0.254 e. The number of hydrogen-bond acceptors (Lipinski definition) is 5. The molecule has 5 nitrogen and oxygen atoms in total. The van der Waals surface area contributed by atoms with Gasteiger partial charge in [-0.1, -0.05) is 54.1 Å². The number of carbonyl (C=O) groups excluding carboxylic acids is 1. The van der Waals surface area contributed by atoms with Crippen molar-refractivity contribution in [2.24, 2.45) is 0 Å². The lowest BCUT2D eigenvalue weighted by Crippen LogP contribution is -2.31. The van der Waals surface area contributed by atoms with Crippen molar-refractivity contribution >= 4 is 35.0 Å². The van der Waals surface area contributed by atoms with Crippen LogP contribution in [0.2, 0.25) is 5.02 Å². The first-order chi connectivity index (χ1) is 17.4. The fraction of sp³-hybridized carbons (Fsp3) is 0.143. The van der Waals surface area contributed by atoms with E-state index in [9.17, 15) is 10.1 Å². The van der Waals surface area contributed by atoms with Gasteiger partial charge in [-0.25, -0.2) is 4.39 Å². The van der Waals surface area contributed by atoms with Gasteiger partial charge in [0.05, 0.1) is 35.4 Å². The Labute approximate surface area is 218 Å². The minimum atomic E-state index is -0.889. The number of nitrogens with one attached hydrogen (secondary N) is 2. The van der Waals surface area contributed by atoms with Crippen LogP contribution in [-0.2, 0) is 10.5 Å². The summed E-state index contributed by atoms with van der Waals surface area (Å²) < 4.78 is 20.4. The van der Waals surface area contributed by atoms with E-state index < -0.39 is 17.6 Å². The van der Waals surface area contributed by atoms with Gasteiger partial charge in [0.2, 0.25) is 0 Å². The van der Waals surface area contributed by atoms with Crippen molar-refractivity contribution in [1.29, 1.82) is 5.26 Å². The van der Waals surface area contributed by atoms with Crippen LogP contribution in [-0.4, -0.2) is 13.0 Å². The SMILES string of the molecule is COc1ccccc1NC(=O)C1=C(C)NC(SCc2ccc(Cl)cc2)=C(C#N)C1c1ccccc1F. The predicted molar refractivity (Wildman–Crippen MR) is 142 cm³/mol. The Kier molecular flexibility index (Phi) is 7.99. The number of anilines is 1. The third kappa shape index (κ3) is 5.40. The third-order valence-electron chi connectivity index (χ3n) is 5.76. The van der Waals surface area contributed by atoms with Crippen molar-refractivity contribution < 1.29 is 13.9 Å². The maximum Gasteiger partial charge on any atom is 0.254 e. The number of ether oxygens (including phenoxy) is 1. The number of thioether (sulfide) groups is 1. The van der Waals surface area contributed by atoms with Gasteiger partial charge in [-0.3, -0.25) is 4.79 Å². The standard InChI is InChI=1S/C28H23ClFN3O2S/c1-17-25(27(34)33-23-9-5-6-10-24(23)35-2)26(20-7-3-4-8-22(20)30)21(15-31)28(32-17)36-16-18-11-13-19(29)14-12-18/h3-14,26,32H,16H2,1-2H3,(H,33,34). The molecule has 36 heavy (non-hydrogen) atoms. The Morgan fingerprint density at radius 1 is 1.14 bits per heavy atom. The number of methoxy groups -OCH3 is 1. The summed E-state index contributed by atoms with van der Waals surface area (Å²) in [5.74, 6) is -0.780. The molecule has 0 aromatic heterocycles. The van der Waals surface area contributed by atoms with E-state index in [1.807, 2.05) is 12.1 Å². The number of dihydropyridines is 1. The van der Waals surface area contributed by atoms with Crippen LogP contribution in [0.3, 0.4) is 0 Å². The second kappa shape index (κ2) is 11.3. The number of benzene rings is 3. The molecular formula is C28H23ClFN3O2S. The van der Waals surface area contributed by atoms with Crippen molar-refractivity contribution in [1.82, 2.24) is 5.32 Å². The molecule has 0 fully saturated rings. The van der Waals surface area contributed by atoms with E-state index >= 15 is 4.39 Å². The van der Waals surface area contributed by atoms with Crippen LogP contribution in [0.1, 0.15) is 24.0 Å². The topological polar surface area (TPSA) is 74.2 Å². The number of carbonyl (C=O) groups is 1. The highest BCUT2D eigenvalue weighted by Crippen LogP contribution is 2.42. The van der Waals surface area contributed by atoms with E-state index in [1.54, 1.807) is 61.5 Å². The molecule has 1 aliphatic rings. The van der Waals surface area contributed by atoms with Crippen molar-refractivity contribution in [3.05, 3.63) is 117 Å². The summed E-state index contributed by atoms with van der Waals surface area (Å²) in [7, 11) is 1.51. The number of nitrogens with zero attached hydrogens (tertiary/aromatic N) is 1. The molecule has 2 N–H and O–H groups in total. The monoisotopic (exact) mass is 519 g/mol. The molecule has 0 radical (unpaired) electrons. The normalized spacial score (nSPS) is 15.2. The Balaban J connectivity index is 1.74. The molecule has 1 unspecified atom stereocenters. The summed E-state index contributed by atoms with van der Waals surface area (Å²) >= 11 is 7.41. The Morgan fingerprint density at radius 3 is 2.53 bits per heavy atom. The molecule has 1 heterocycles. The molecule has 0 saturated heterocycles. The number of para-hydroxylation sites is 2. The van der Waals surface area contributed by atoms with Crippen LogP contribution in [0.4, 0.5) is 10.1 Å². The molecule has 1 amide bonds. The lowest BCUT2D eigenvalue weighted by Gasteiger charge is -2.30. The lowest BCUT2D eigenvalue weighted by molar-refractivity contribution is -0.113. The highest BCUT2D eigenvalue weighted by Gasteiger charge is 2.36. The Bertz CT molecular complexity index is 1400. The molecule has 0 aliphatic carbocycles. The van der Waals surface area contributed by atoms with Gasteiger partial charge in [0.1, 0.15) is 11.6 Å². The maximum absolute atomic E-state index is 15.1. The predicted octanol–water partition coefficient (Wildman–Crippen LogP) is 6.76. The van der Waals surface area contributed by atoms with Gasteiger partial charge in [0.15, 0.2) is 0 Å². The van der Waals surface area contributed by atoms with Crippen LogP contribution in [0.5, 0.6) is 5.75 Å². The van der Waals surface area contributed by atoms with Crippen molar-refractivity contribution in [3.63, 3.8) is 0 Å². The van der Waals surface area contributed by atoms with Crippen LogP contribution >= 0.6 is 23.4 Å². The number of amides is 1. The highest BCUT2D eigenvalue weighted by atomic mass is 35.5. The van der Waals surface area contributed by atoms with Crippen LogP contribution in [0.25, 0.3) is 0 Å². The van der Waals surface area contributed by atoms with Gasteiger partial charge < -0.3 is 15.4 Å². The van der Waals surface area contributed by atoms with E-state index in [1.165, 1.54) is 24.9 Å². The Hall–Kier alpha value is -3.73. The number of allylic oxidation sites excluding steroid dienone is 2. The first-order valence-corrected chi connectivity index (χ1v) is 12.5. The fourth-order valence-electron chi connectivity index (χ4n) is 4.02. The molecular weight excluding hydrogens is 497 g/mol. The second-order valence-corrected chi connectivity index (χ2v) is 9.46. The van der Waals surface area contributed by atoms with Crippen LogP contribution < -0.4 is 15.4 Å². The Morgan fingerprint density at radius 2 is 1.83 bits per heavy atom. The summed E-state index contributed by atoms with van der Waals surface area (Å²) in [6.45, 7) is 1.75. The van der Waals surface area contributed by atoms with E-state index in [0.717, 1.165) is 5.56 Å². The quantitative estimate of drug-likeness (QED) is 0.361. The highest BCUT2D eigenvalue weighted by molar-refractivity contribution is 8.02. The zero-order chi connectivity index (χ0) is 25.7. The number of rotatable bonds is 7. The molecule has 182 valence electrons. The molecule has 3 aromatic carbocycles. The molecule has 4 rings (SSSR count). The minimum absolute atomic E-state index is 0.254. The summed E-state index contributed by atoms with van der Waals surface area (Å²) in [5.41, 5.74) is 2.81. The summed E-state index contributed by atoms with van der Waals surface area (Å²) in [6, 6.07) is 22.9. The largest absolute Gasteiger partial charge is 0.495 e. The minimum Gasteiger partial charge on any atom is -0.495 e. The molecule has 1 aliphatic heterocycles. The van der Waals surface area contributed by atoms with Crippen molar-refractivity contribution in [2.75, 3.05) is 12.4 Å². The zero-order valence-electron chi connectivity index (χ0n) is 19.6. The summed E-state index contributed by atoms with van der Waals surface area (Å²) in [5, 5.41) is 17.5. The second-order valence-electron chi connectivity index (χ2n) is 8.04. The maximum atomic E-state index is 15.1. The van der Waals surface area contributed by atoms with E-state index in [-0.39, 0.29) is 16.7 Å². The number of hydrogen-bond donors (Lipinski definition) is 2. The first kappa shape index (κ1) is 25.4. The first-order valence-electron chi connectivity index (χ1n) is 11.1. The zero-order valence-corrected chi connectivity index (χ0v) is 21.2. The average molecular weight is 520 g/mol. The molecule has 1 atom stereocenters. The molecule has 0 bridgehead atoms. The summed E-state index contributed by atoms with van der Waals surface area (Å²) in [6.07, 6.45) is 0.